The lowest BCUT2D eigenvalue weighted by atomic mass is 10.1. The van der Waals surface area contributed by atoms with Gasteiger partial charge in [-0.05, 0) is 25.3 Å². The van der Waals surface area contributed by atoms with Crippen LogP contribution < -0.4 is 0 Å². The van der Waals surface area contributed by atoms with Crippen molar-refractivity contribution in [3.05, 3.63) is 36.3 Å². The largest absolute Gasteiger partial charge is 0.481 e. The minimum atomic E-state index is -0.669. The molecule has 3 nitrogen and oxygen atoms in total. The van der Waals surface area contributed by atoms with Crippen molar-refractivity contribution in [2.75, 3.05) is 0 Å². The number of hydrogen-bond donors (Lipinski definition) is 1. The predicted molar refractivity (Wildman–Crippen MR) is 85.9 cm³/mol. The van der Waals surface area contributed by atoms with E-state index in [0.717, 1.165) is 25.0 Å². The van der Waals surface area contributed by atoms with Crippen LogP contribution in [0.2, 0.25) is 0 Å². The highest BCUT2D eigenvalue weighted by atomic mass is 16.5. The Hall–Kier alpha value is -1.51. The summed E-state index contributed by atoms with van der Waals surface area (Å²) in [7, 11) is 0. The molecule has 1 aliphatic rings. The van der Waals surface area contributed by atoms with Crippen molar-refractivity contribution < 1.29 is 14.6 Å². The van der Waals surface area contributed by atoms with Crippen molar-refractivity contribution in [2.24, 2.45) is 0 Å². The third-order valence-corrected chi connectivity index (χ3v) is 3.52. The standard InChI is InChI=1S/C18H28O3/c19-18(20)15-13-11-9-7-5-3-1-2-4-6-8-10-12-14-17-16-21-17/h8,10,12,14,16H,1-7,9,11,13,15H2,(H,19,20). The number of aliphatic carboxylic acids is 1. The van der Waals surface area contributed by atoms with Crippen LogP contribution in [0.4, 0.5) is 0 Å². The Kier molecular flexibility index (Phi) is 10.2. The van der Waals surface area contributed by atoms with Crippen molar-refractivity contribution in [3.8, 4) is 0 Å². The van der Waals surface area contributed by atoms with Crippen LogP contribution in [0, 0.1) is 0 Å². The fourth-order valence-electron chi connectivity index (χ4n) is 2.21. The molecule has 0 atom stereocenters. The maximum atomic E-state index is 10.3. The van der Waals surface area contributed by atoms with Crippen molar-refractivity contribution in [3.63, 3.8) is 0 Å². The average molecular weight is 292 g/mol. The maximum Gasteiger partial charge on any atom is 0.303 e. The van der Waals surface area contributed by atoms with Gasteiger partial charge in [-0.1, -0.05) is 63.2 Å². The molecule has 118 valence electrons. The van der Waals surface area contributed by atoms with Gasteiger partial charge in [0.15, 0.2) is 5.76 Å². The van der Waals surface area contributed by atoms with Gasteiger partial charge in [-0.15, -0.1) is 0 Å². The highest BCUT2D eigenvalue weighted by Gasteiger charge is 2.01. The Balaban J connectivity index is 1.72. The van der Waals surface area contributed by atoms with Crippen LogP contribution in [0.1, 0.15) is 70.6 Å². The summed E-state index contributed by atoms with van der Waals surface area (Å²) in [5.41, 5.74) is 0. The summed E-state index contributed by atoms with van der Waals surface area (Å²) in [5.74, 6) is 0.292. The molecule has 0 spiro atoms. The highest BCUT2D eigenvalue weighted by molar-refractivity contribution is 5.66. The summed E-state index contributed by atoms with van der Waals surface area (Å²) in [6.07, 6.45) is 22.3. The van der Waals surface area contributed by atoms with Crippen LogP contribution >= 0.6 is 0 Å². The lowest BCUT2D eigenvalue weighted by Gasteiger charge is -2.01. The monoisotopic (exact) mass is 292 g/mol. The van der Waals surface area contributed by atoms with Crippen molar-refractivity contribution in [1.82, 2.24) is 0 Å². The van der Waals surface area contributed by atoms with E-state index in [-0.39, 0.29) is 0 Å². The zero-order chi connectivity index (χ0) is 15.2. The lowest BCUT2D eigenvalue weighted by molar-refractivity contribution is -0.137. The van der Waals surface area contributed by atoms with Crippen LogP contribution in [0.15, 0.2) is 36.3 Å². The first-order valence-electron chi connectivity index (χ1n) is 8.21. The molecule has 0 bridgehead atoms. The van der Waals surface area contributed by atoms with Crippen LogP contribution in [0.3, 0.4) is 0 Å². The van der Waals surface area contributed by atoms with E-state index in [1.807, 2.05) is 12.2 Å². The Morgan fingerprint density at radius 3 is 2.10 bits per heavy atom. The van der Waals surface area contributed by atoms with Gasteiger partial charge >= 0.3 is 5.97 Å². The molecule has 3 heteroatoms. The topological polar surface area (TPSA) is 49.8 Å². The van der Waals surface area contributed by atoms with E-state index < -0.39 is 5.97 Å². The molecule has 0 radical (unpaired) electrons. The van der Waals surface area contributed by atoms with Gasteiger partial charge in [-0.25, -0.2) is 0 Å². The minimum absolute atomic E-state index is 0.327. The molecule has 0 aliphatic carbocycles. The first-order chi connectivity index (χ1) is 10.3. The van der Waals surface area contributed by atoms with E-state index in [1.165, 1.54) is 44.9 Å². The van der Waals surface area contributed by atoms with Gasteiger partial charge in [0.1, 0.15) is 6.26 Å². The van der Waals surface area contributed by atoms with Gasteiger partial charge in [0.2, 0.25) is 0 Å². The van der Waals surface area contributed by atoms with Gasteiger partial charge in [-0.3, -0.25) is 4.79 Å². The van der Waals surface area contributed by atoms with Gasteiger partial charge in [0.05, 0.1) is 0 Å². The van der Waals surface area contributed by atoms with E-state index >= 15 is 0 Å². The summed E-state index contributed by atoms with van der Waals surface area (Å²) < 4.78 is 4.88. The zero-order valence-corrected chi connectivity index (χ0v) is 12.9. The number of hydrogen-bond acceptors (Lipinski definition) is 2. The molecular formula is C18H28O3. The quantitative estimate of drug-likeness (QED) is 0.347. The van der Waals surface area contributed by atoms with Crippen molar-refractivity contribution >= 4 is 5.97 Å². The molecule has 0 saturated heterocycles. The Morgan fingerprint density at radius 2 is 1.52 bits per heavy atom. The molecule has 1 aliphatic heterocycles. The van der Waals surface area contributed by atoms with Gasteiger partial charge < -0.3 is 9.84 Å². The van der Waals surface area contributed by atoms with Gasteiger partial charge in [-0.2, -0.15) is 0 Å². The second-order valence-corrected chi connectivity index (χ2v) is 5.54. The summed E-state index contributed by atoms with van der Waals surface area (Å²) in [4.78, 5) is 10.3. The van der Waals surface area contributed by atoms with Crippen LogP contribution in [-0.4, -0.2) is 11.1 Å². The molecule has 1 heterocycles. The maximum absolute atomic E-state index is 10.3. The van der Waals surface area contributed by atoms with E-state index in [2.05, 4.69) is 12.2 Å². The summed E-state index contributed by atoms with van der Waals surface area (Å²) in [6, 6.07) is 0. The smallest absolute Gasteiger partial charge is 0.303 e. The molecule has 0 aromatic rings. The predicted octanol–water partition coefficient (Wildman–Crippen LogP) is 5.35. The second kappa shape index (κ2) is 12.2. The Morgan fingerprint density at radius 1 is 0.952 bits per heavy atom. The molecule has 0 amide bonds. The lowest BCUT2D eigenvalue weighted by Crippen LogP contribution is -1.93. The average Bonchev–Trinajstić information content (AvgIpc) is 3.27. The van der Waals surface area contributed by atoms with Crippen LogP contribution in [-0.2, 0) is 9.53 Å². The molecular weight excluding hydrogens is 264 g/mol. The Labute approximate surface area is 128 Å². The second-order valence-electron chi connectivity index (χ2n) is 5.54. The fourth-order valence-corrected chi connectivity index (χ4v) is 2.21. The molecule has 0 aromatic heterocycles. The molecule has 0 fully saturated rings. The molecule has 0 saturated carbocycles. The minimum Gasteiger partial charge on any atom is -0.481 e. The molecule has 1 rings (SSSR count). The van der Waals surface area contributed by atoms with Gasteiger partial charge in [0.25, 0.3) is 0 Å². The number of ether oxygens (including phenoxy) is 1. The van der Waals surface area contributed by atoms with E-state index in [4.69, 9.17) is 9.84 Å². The van der Waals surface area contributed by atoms with E-state index in [1.54, 1.807) is 6.26 Å². The molecule has 0 unspecified atom stereocenters. The summed E-state index contributed by atoms with van der Waals surface area (Å²) in [5, 5.41) is 8.52. The number of carboxylic acids is 1. The third-order valence-electron chi connectivity index (χ3n) is 3.52. The highest BCUT2D eigenvalue weighted by Crippen LogP contribution is 2.14. The third kappa shape index (κ3) is 13.2. The van der Waals surface area contributed by atoms with E-state index in [0.29, 0.717) is 6.42 Å². The van der Waals surface area contributed by atoms with Crippen molar-refractivity contribution in [2.45, 2.75) is 70.6 Å². The molecule has 21 heavy (non-hydrogen) atoms. The molecule has 1 N–H and O–H groups in total. The van der Waals surface area contributed by atoms with Gasteiger partial charge in [0, 0.05) is 6.42 Å². The zero-order valence-electron chi connectivity index (χ0n) is 12.9. The number of allylic oxidation sites excluding steroid dienone is 4. The summed E-state index contributed by atoms with van der Waals surface area (Å²) in [6.45, 7) is 0. The van der Waals surface area contributed by atoms with E-state index in [9.17, 15) is 4.79 Å². The van der Waals surface area contributed by atoms with Crippen LogP contribution in [0.5, 0.6) is 0 Å². The SMILES string of the molecule is O=C(O)CCCCCCCCCCCC=CC=CC1=CO1. The Bertz CT molecular complexity index is 367. The first-order valence-corrected chi connectivity index (χ1v) is 8.21. The first kappa shape index (κ1) is 17.5. The number of carboxylic acid groups (broad SMARTS) is 1. The van der Waals surface area contributed by atoms with Crippen LogP contribution in [0.25, 0.3) is 0 Å². The number of unbranched alkanes of at least 4 members (excludes halogenated alkanes) is 9. The molecule has 0 aromatic carbocycles. The fraction of sp³-hybridized carbons (Fsp3) is 0.611. The number of carbonyl (C=O) groups is 1. The summed E-state index contributed by atoms with van der Waals surface area (Å²) >= 11 is 0. The number of rotatable bonds is 14. The normalized spacial score (nSPS) is 13.6. The van der Waals surface area contributed by atoms with Crippen molar-refractivity contribution in [1.29, 1.82) is 0 Å².